The van der Waals surface area contributed by atoms with Crippen LogP contribution in [-0.4, -0.2) is 57.6 Å². The van der Waals surface area contributed by atoms with Crippen LogP contribution in [0, 0.1) is 0 Å². The van der Waals surface area contributed by atoms with Gasteiger partial charge in [-0.3, -0.25) is 13.9 Å². The first-order valence-electron chi connectivity index (χ1n) is 9.98. The van der Waals surface area contributed by atoms with Crippen LogP contribution in [0.25, 0.3) is 12.2 Å². The number of ether oxygens (including phenoxy) is 1. The third kappa shape index (κ3) is 8.45. The van der Waals surface area contributed by atoms with Gasteiger partial charge in [0.05, 0.1) is 0 Å². The highest BCUT2D eigenvalue weighted by Gasteiger charge is 2.18. The molecule has 0 aliphatic heterocycles. The lowest BCUT2D eigenvalue weighted by Crippen LogP contribution is -2.34. The minimum atomic E-state index is -4.73. The molecule has 0 heterocycles. The number of rotatable bonds is 9. The lowest BCUT2D eigenvalue weighted by atomic mass is 10.1. The zero-order chi connectivity index (χ0) is 26.4. The average Bonchev–Trinajstić information content (AvgIpc) is 2.71. The smallest absolute Gasteiger partial charge is 0.319 e. The Hall–Kier alpha value is -3.30. The van der Waals surface area contributed by atoms with Crippen LogP contribution in [0.3, 0.4) is 0 Å². The number of amides is 3. The number of anilines is 2. The molecule has 0 atom stereocenters. The Bertz CT molecular complexity index is 1350. The molecule has 5 N–H and O–H groups in total. The molecule has 0 spiro atoms. The fourth-order valence-corrected chi connectivity index (χ4v) is 4.30. The van der Waals surface area contributed by atoms with Crippen molar-refractivity contribution in [3.8, 4) is 0 Å². The van der Waals surface area contributed by atoms with Gasteiger partial charge in [0.25, 0.3) is 20.2 Å². The van der Waals surface area contributed by atoms with E-state index in [1.165, 1.54) is 43.5 Å². The van der Waals surface area contributed by atoms with E-state index in [9.17, 15) is 35.5 Å². The predicted octanol–water partition coefficient (Wildman–Crippen LogP) is 2.47. The fraction of sp³-hybridized carbons (Fsp3) is 0.238. The van der Waals surface area contributed by atoms with Crippen molar-refractivity contribution in [2.75, 3.05) is 24.4 Å². The van der Waals surface area contributed by atoms with E-state index in [0.29, 0.717) is 0 Å². The molecule has 190 valence electrons. The lowest BCUT2D eigenvalue weighted by molar-refractivity contribution is -0.119. The Morgan fingerprint density at radius 2 is 1.34 bits per heavy atom. The molecule has 0 bridgehead atoms. The van der Waals surface area contributed by atoms with Crippen LogP contribution < -0.4 is 16.0 Å². The Morgan fingerprint density at radius 3 is 1.74 bits per heavy atom. The summed E-state index contributed by atoms with van der Waals surface area (Å²) in [6.45, 7) is 3.20. The second-order valence-corrected chi connectivity index (χ2v) is 10.3. The molecule has 2 aromatic rings. The molecule has 0 saturated carbocycles. The van der Waals surface area contributed by atoms with Gasteiger partial charge in [-0.05, 0) is 49.2 Å². The predicted molar refractivity (Wildman–Crippen MR) is 129 cm³/mol. The molecular weight excluding hydrogens is 502 g/mol. The fourth-order valence-electron chi connectivity index (χ4n) is 2.88. The highest BCUT2D eigenvalue weighted by molar-refractivity contribution is 7.86. The molecule has 3 amide bonds. The SMILES string of the molecule is COCC(=O)Nc1ccc(/C=C/c2ccc(NC(=O)NC(C)C)cc2S(=O)(=O)O)c(S(=O)(=O)O)c1. The number of hydrogen-bond acceptors (Lipinski definition) is 7. The van der Waals surface area contributed by atoms with Gasteiger partial charge in [-0.15, -0.1) is 0 Å². The summed E-state index contributed by atoms with van der Waals surface area (Å²) in [5.74, 6) is -0.550. The Balaban J connectivity index is 2.45. The van der Waals surface area contributed by atoms with Gasteiger partial charge >= 0.3 is 6.03 Å². The van der Waals surface area contributed by atoms with Crippen molar-refractivity contribution in [3.05, 3.63) is 47.5 Å². The maximum absolute atomic E-state index is 11.9. The van der Waals surface area contributed by atoms with Crippen molar-refractivity contribution in [1.82, 2.24) is 5.32 Å². The number of nitrogens with one attached hydrogen (secondary N) is 3. The number of carbonyl (C=O) groups is 2. The Kier molecular flexibility index (Phi) is 9.12. The molecule has 0 saturated heterocycles. The molecule has 0 aromatic heterocycles. The first-order valence-corrected chi connectivity index (χ1v) is 12.9. The normalized spacial score (nSPS) is 12.1. The van der Waals surface area contributed by atoms with E-state index in [1.54, 1.807) is 13.8 Å². The van der Waals surface area contributed by atoms with Crippen LogP contribution in [0.1, 0.15) is 25.0 Å². The maximum atomic E-state index is 11.9. The van der Waals surface area contributed by atoms with Crippen LogP contribution in [0.4, 0.5) is 16.2 Å². The van der Waals surface area contributed by atoms with E-state index in [2.05, 4.69) is 20.7 Å². The maximum Gasteiger partial charge on any atom is 0.319 e. The summed E-state index contributed by atoms with van der Waals surface area (Å²) in [5.41, 5.74) is 0.103. The highest BCUT2D eigenvalue weighted by atomic mass is 32.2. The monoisotopic (exact) mass is 527 g/mol. The summed E-state index contributed by atoms with van der Waals surface area (Å²) in [6.07, 6.45) is 2.40. The van der Waals surface area contributed by atoms with E-state index < -0.39 is 42.0 Å². The minimum Gasteiger partial charge on any atom is -0.375 e. The van der Waals surface area contributed by atoms with Crippen LogP contribution in [0.2, 0.25) is 0 Å². The molecular formula is C21H25N3O9S2. The summed E-state index contributed by atoms with van der Waals surface area (Å²) >= 11 is 0. The summed E-state index contributed by atoms with van der Waals surface area (Å²) in [4.78, 5) is 22.5. The van der Waals surface area contributed by atoms with E-state index >= 15 is 0 Å². The molecule has 0 fully saturated rings. The van der Waals surface area contributed by atoms with Gasteiger partial charge in [0, 0.05) is 24.5 Å². The average molecular weight is 528 g/mol. The zero-order valence-corrected chi connectivity index (χ0v) is 20.6. The van der Waals surface area contributed by atoms with Gasteiger partial charge in [-0.25, -0.2) is 4.79 Å². The second-order valence-electron chi connectivity index (χ2n) is 7.52. The molecule has 0 aliphatic rings. The topological polar surface area (TPSA) is 188 Å². The number of hydrogen-bond donors (Lipinski definition) is 5. The molecule has 0 unspecified atom stereocenters. The Morgan fingerprint density at radius 1 is 0.886 bits per heavy atom. The zero-order valence-electron chi connectivity index (χ0n) is 19.0. The van der Waals surface area contributed by atoms with Crippen molar-refractivity contribution in [2.45, 2.75) is 29.7 Å². The van der Waals surface area contributed by atoms with Gasteiger partial charge in [0.2, 0.25) is 5.91 Å². The highest BCUT2D eigenvalue weighted by Crippen LogP contribution is 2.26. The third-order valence-corrected chi connectivity index (χ3v) is 6.08. The molecule has 2 rings (SSSR count). The van der Waals surface area contributed by atoms with Crippen molar-refractivity contribution < 1.29 is 40.3 Å². The van der Waals surface area contributed by atoms with Crippen molar-refractivity contribution in [2.24, 2.45) is 0 Å². The second kappa shape index (κ2) is 11.4. The molecule has 35 heavy (non-hydrogen) atoms. The van der Waals surface area contributed by atoms with Crippen molar-refractivity contribution in [1.29, 1.82) is 0 Å². The lowest BCUT2D eigenvalue weighted by Gasteiger charge is -2.12. The molecule has 0 radical (unpaired) electrons. The summed E-state index contributed by atoms with van der Waals surface area (Å²) in [7, 11) is -8.16. The van der Waals surface area contributed by atoms with E-state index in [0.717, 1.165) is 12.1 Å². The minimum absolute atomic E-state index is 0.0268. The van der Waals surface area contributed by atoms with E-state index in [-0.39, 0.29) is 35.2 Å². The van der Waals surface area contributed by atoms with Crippen LogP contribution in [0.15, 0.2) is 46.2 Å². The quantitative estimate of drug-likeness (QED) is 0.241. The number of methoxy groups -OCH3 is 1. The van der Waals surface area contributed by atoms with E-state index in [4.69, 9.17) is 0 Å². The summed E-state index contributed by atoms with van der Waals surface area (Å²) in [6, 6.07) is 6.62. The first-order chi connectivity index (χ1) is 16.2. The Labute approximate surface area is 202 Å². The molecule has 2 aromatic carbocycles. The summed E-state index contributed by atoms with van der Waals surface area (Å²) in [5, 5.41) is 7.41. The van der Waals surface area contributed by atoms with Gasteiger partial charge in [-0.2, -0.15) is 16.8 Å². The van der Waals surface area contributed by atoms with Crippen LogP contribution in [-0.2, 0) is 29.8 Å². The summed E-state index contributed by atoms with van der Waals surface area (Å²) < 4.78 is 71.5. The van der Waals surface area contributed by atoms with Gasteiger partial charge < -0.3 is 20.7 Å². The van der Waals surface area contributed by atoms with Crippen LogP contribution >= 0.6 is 0 Å². The third-order valence-electron chi connectivity index (χ3n) is 4.26. The van der Waals surface area contributed by atoms with Gasteiger partial charge in [0.15, 0.2) is 0 Å². The van der Waals surface area contributed by atoms with Crippen molar-refractivity contribution >= 4 is 55.7 Å². The molecule has 12 nitrogen and oxygen atoms in total. The first kappa shape index (κ1) is 27.9. The largest absolute Gasteiger partial charge is 0.375 e. The van der Waals surface area contributed by atoms with Gasteiger partial charge in [-0.1, -0.05) is 24.3 Å². The van der Waals surface area contributed by atoms with Gasteiger partial charge in [0.1, 0.15) is 16.4 Å². The standard InChI is InChI=1S/C21H25N3O9S2/c1-13(2)22-21(26)24-17-9-7-15(19(11-17)35(30,31)32)5-4-14-6-8-16(23-20(25)12-33-3)10-18(14)34(27,28)29/h4-11,13H,12H2,1-3H3,(H,23,25)(H2,22,24,26)(H,27,28,29)(H,30,31,32)/b5-4+. The van der Waals surface area contributed by atoms with Crippen molar-refractivity contribution in [3.63, 3.8) is 0 Å². The number of urea groups is 1. The molecule has 14 heteroatoms. The van der Waals surface area contributed by atoms with Crippen LogP contribution in [0.5, 0.6) is 0 Å². The number of benzene rings is 2. The molecule has 0 aliphatic carbocycles. The van der Waals surface area contributed by atoms with E-state index in [1.807, 2.05) is 0 Å². The number of carbonyl (C=O) groups excluding carboxylic acids is 2.